The van der Waals surface area contributed by atoms with Gasteiger partial charge in [-0.15, -0.1) is 0 Å². The average Bonchev–Trinajstić information content (AvgIpc) is 3.20. The number of carbonyl (C=O) groups is 1. The Hall–Kier alpha value is -2.61. The lowest BCUT2D eigenvalue weighted by Gasteiger charge is -2.30. The molecule has 1 fully saturated rings. The molecule has 0 aliphatic carbocycles. The van der Waals surface area contributed by atoms with E-state index in [0.717, 1.165) is 37.9 Å². The number of rotatable bonds is 8. The molecule has 152 valence electrons. The van der Waals surface area contributed by atoms with Gasteiger partial charge in [-0.2, -0.15) is 4.98 Å². The number of nitrogens with one attached hydrogen (secondary N) is 1. The number of amides is 1. The molecule has 1 aromatic carbocycles. The molecular formula is C20H28N4O4. The first-order valence-electron chi connectivity index (χ1n) is 9.69. The minimum absolute atomic E-state index is 0.0218. The zero-order valence-corrected chi connectivity index (χ0v) is 16.7. The molecule has 1 N–H and O–H groups in total. The van der Waals surface area contributed by atoms with Crippen LogP contribution in [0, 0.1) is 5.92 Å². The summed E-state index contributed by atoms with van der Waals surface area (Å²) in [6, 6.07) is 5.50. The highest BCUT2D eigenvalue weighted by atomic mass is 16.5. The van der Waals surface area contributed by atoms with Crippen molar-refractivity contribution in [2.24, 2.45) is 5.92 Å². The van der Waals surface area contributed by atoms with E-state index in [0.29, 0.717) is 36.3 Å². The van der Waals surface area contributed by atoms with E-state index in [-0.39, 0.29) is 11.8 Å². The second-order valence-corrected chi connectivity index (χ2v) is 6.95. The van der Waals surface area contributed by atoms with Gasteiger partial charge >= 0.3 is 0 Å². The summed E-state index contributed by atoms with van der Waals surface area (Å²) in [5.41, 5.74) is 0.795. The summed E-state index contributed by atoms with van der Waals surface area (Å²) >= 11 is 0. The number of methoxy groups -OCH3 is 2. The number of ether oxygens (including phenoxy) is 2. The predicted molar refractivity (Wildman–Crippen MR) is 104 cm³/mol. The van der Waals surface area contributed by atoms with Gasteiger partial charge in [0.1, 0.15) is 0 Å². The molecule has 2 aromatic rings. The predicted octanol–water partition coefficient (Wildman–Crippen LogP) is 2.49. The Morgan fingerprint density at radius 3 is 2.89 bits per heavy atom. The molecule has 0 radical (unpaired) electrons. The van der Waals surface area contributed by atoms with Crippen molar-refractivity contribution in [3.8, 4) is 22.9 Å². The minimum atomic E-state index is 0.0218. The molecule has 1 atom stereocenters. The van der Waals surface area contributed by atoms with Gasteiger partial charge in [0.05, 0.1) is 26.7 Å². The number of hydrogen-bond acceptors (Lipinski definition) is 7. The van der Waals surface area contributed by atoms with E-state index in [2.05, 4.69) is 27.3 Å². The molecule has 1 unspecified atom stereocenters. The van der Waals surface area contributed by atoms with Crippen molar-refractivity contribution in [2.45, 2.75) is 32.7 Å². The van der Waals surface area contributed by atoms with Crippen LogP contribution in [0.4, 0.5) is 0 Å². The van der Waals surface area contributed by atoms with E-state index in [1.807, 2.05) is 18.2 Å². The molecule has 1 aromatic heterocycles. The highest BCUT2D eigenvalue weighted by molar-refractivity contribution is 5.78. The third-order valence-corrected chi connectivity index (χ3v) is 4.89. The Morgan fingerprint density at radius 1 is 1.32 bits per heavy atom. The van der Waals surface area contributed by atoms with Gasteiger partial charge in [0.2, 0.25) is 17.6 Å². The number of benzene rings is 1. The highest BCUT2D eigenvalue weighted by Crippen LogP contribution is 2.31. The van der Waals surface area contributed by atoms with Crippen LogP contribution >= 0.6 is 0 Å². The van der Waals surface area contributed by atoms with Gasteiger partial charge in [-0.25, -0.2) is 0 Å². The van der Waals surface area contributed by atoms with E-state index < -0.39 is 0 Å². The van der Waals surface area contributed by atoms with Gasteiger partial charge in [-0.3, -0.25) is 9.69 Å². The summed E-state index contributed by atoms with van der Waals surface area (Å²) < 4.78 is 16.0. The van der Waals surface area contributed by atoms with Gasteiger partial charge in [0.25, 0.3) is 0 Å². The second-order valence-electron chi connectivity index (χ2n) is 6.95. The summed E-state index contributed by atoms with van der Waals surface area (Å²) in [7, 11) is 3.19. The maximum absolute atomic E-state index is 12.2. The Balaban J connectivity index is 1.63. The first kappa shape index (κ1) is 20.1. The molecular weight excluding hydrogens is 360 g/mol. The summed E-state index contributed by atoms with van der Waals surface area (Å²) in [5, 5.41) is 7.08. The number of nitrogens with zero attached hydrogens (tertiary/aromatic N) is 3. The molecule has 8 heteroatoms. The van der Waals surface area contributed by atoms with Crippen molar-refractivity contribution in [3.05, 3.63) is 24.1 Å². The lowest BCUT2D eigenvalue weighted by Crippen LogP contribution is -2.42. The number of hydrogen-bond donors (Lipinski definition) is 1. The van der Waals surface area contributed by atoms with E-state index in [9.17, 15) is 4.79 Å². The second kappa shape index (κ2) is 9.54. The third kappa shape index (κ3) is 4.81. The molecule has 2 heterocycles. The fraction of sp³-hybridized carbons (Fsp3) is 0.550. The fourth-order valence-corrected chi connectivity index (χ4v) is 3.41. The molecule has 1 saturated heterocycles. The first-order valence-corrected chi connectivity index (χ1v) is 9.69. The van der Waals surface area contributed by atoms with E-state index >= 15 is 0 Å². The number of aromatic nitrogens is 2. The largest absolute Gasteiger partial charge is 0.493 e. The normalized spacial score (nSPS) is 17.3. The quantitative estimate of drug-likeness (QED) is 0.743. The van der Waals surface area contributed by atoms with Crippen molar-refractivity contribution < 1.29 is 18.8 Å². The summed E-state index contributed by atoms with van der Waals surface area (Å²) in [6.07, 6.45) is 2.86. The molecule has 0 bridgehead atoms. The summed E-state index contributed by atoms with van der Waals surface area (Å²) in [4.78, 5) is 19.0. The van der Waals surface area contributed by atoms with E-state index in [1.54, 1.807) is 14.2 Å². The Labute approximate surface area is 165 Å². The molecule has 0 saturated carbocycles. The van der Waals surface area contributed by atoms with Crippen LogP contribution in [-0.2, 0) is 11.3 Å². The van der Waals surface area contributed by atoms with Crippen LogP contribution in [-0.4, -0.2) is 54.8 Å². The molecule has 1 aliphatic rings. The Morgan fingerprint density at radius 2 is 2.14 bits per heavy atom. The van der Waals surface area contributed by atoms with Gasteiger partial charge in [-0.05, 0) is 44.0 Å². The smallest absolute Gasteiger partial charge is 0.241 e. The van der Waals surface area contributed by atoms with Crippen molar-refractivity contribution >= 4 is 5.91 Å². The number of carbonyl (C=O) groups excluding carboxylic acids is 1. The SMILES string of the molecule is CCCNC(=O)C1CCCN(Cc2nc(-c3ccc(OC)c(OC)c3)no2)C1. The topological polar surface area (TPSA) is 89.7 Å². The molecule has 1 aliphatic heterocycles. The van der Waals surface area contributed by atoms with Crippen molar-refractivity contribution in [2.75, 3.05) is 33.9 Å². The van der Waals surface area contributed by atoms with Crippen molar-refractivity contribution in [1.29, 1.82) is 0 Å². The standard InChI is InChI=1S/C20H28N4O4/c1-4-9-21-20(25)15-6-5-10-24(12-15)13-18-22-19(23-28-18)14-7-8-16(26-2)17(11-14)27-3/h7-8,11,15H,4-6,9-10,12-13H2,1-3H3,(H,21,25). The van der Waals surface area contributed by atoms with Crippen LogP contribution in [0.15, 0.2) is 22.7 Å². The molecule has 1 amide bonds. The van der Waals surface area contributed by atoms with Gasteiger partial charge in [0.15, 0.2) is 11.5 Å². The molecule has 3 rings (SSSR count). The van der Waals surface area contributed by atoms with Crippen LogP contribution in [0.5, 0.6) is 11.5 Å². The van der Waals surface area contributed by atoms with Crippen molar-refractivity contribution in [3.63, 3.8) is 0 Å². The van der Waals surface area contributed by atoms with Crippen LogP contribution in [0.25, 0.3) is 11.4 Å². The fourth-order valence-electron chi connectivity index (χ4n) is 3.41. The Bertz CT molecular complexity index is 792. The highest BCUT2D eigenvalue weighted by Gasteiger charge is 2.26. The maximum Gasteiger partial charge on any atom is 0.241 e. The molecule has 28 heavy (non-hydrogen) atoms. The number of piperidine rings is 1. The van der Waals surface area contributed by atoms with Crippen LogP contribution < -0.4 is 14.8 Å². The lowest BCUT2D eigenvalue weighted by molar-refractivity contribution is -0.126. The van der Waals surface area contributed by atoms with Gasteiger partial charge < -0.3 is 19.3 Å². The van der Waals surface area contributed by atoms with Crippen LogP contribution in [0.1, 0.15) is 32.1 Å². The molecule has 0 spiro atoms. The average molecular weight is 388 g/mol. The number of likely N-dealkylation sites (tertiary alicyclic amines) is 1. The zero-order valence-electron chi connectivity index (χ0n) is 16.7. The Kier molecular flexibility index (Phi) is 6.86. The summed E-state index contributed by atoms with van der Waals surface area (Å²) in [5.74, 6) is 2.47. The third-order valence-electron chi connectivity index (χ3n) is 4.89. The van der Waals surface area contributed by atoms with Crippen molar-refractivity contribution in [1.82, 2.24) is 20.4 Å². The lowest BCUT2D eigenvalue weighted by atomic mass is 9.97. The van der Waals surface area contributed by atoms with Crippen LogP contribution in [0.2, 0.25) is 0 Å². The zero-order chi connectivity index (χ0) is 19.9. The minimum Gasteiger partial charge on any atom is -0.493 e. The van der Waals surface area contributed by atoms with E-state index in [1.165, 1.54) is 0 Å². The van der Waals surface area contributed by atoms with E-state index in [4.69, 9.17) is 14.0 Å². The molecule has 8 nitrogen and oxygen atoms in total. The van der Waals surface area contributed by atoms with Crippen LogP contribution in [0.3, 0.4) is 0 Å². The summed E-state index contributed by atoms with van der Waals surface area (Å²) in [6.45, 7) is 4.96. The van der Waals surface area contributed by atoms with Gasteiger partial charge in [0, 0.05) is 18.7 Å². The monoisotopic (exact) mass is 388 g/mol. The first-order chi connectivity index (χ1) is 13.6. The maximum atomic E-state index is 12.2. The van der Waals surface area contributed by atoms with Gasteiger partial charge in [-0.1, -0.05) is 12.1 Å².